The zero-order valence-electron chi connectivity index (χ0n) is 11.5. The van der Waals surface area contributed by atoms with Gasteiger partial charge in [-0.3, -0.25) is 4.79 Å². The van der Waals surface area contributed by atoms with Gasteiger partial charge in [-0.15, -0.1) is 12.4 Å². The molecule has 1 amide bonds. The van der Waals surface area contributed by atoms with Crippen LogP contribution in [0, 0.1) is 11.7 Å². The van der Waals surface area contributed by atoms with Crippen LogP contribution in [0.4, 0.5) is 4.39 Å². The van der Waals surface area contributed by atoms with Gasteiger partial charge in [-0.05, 0) is 37.9 Å². The molecule has 0 aromatic heterocycles. The smallest absolute Gasteiger partial charge is 0.257 e. The molecule has 0 saturated carbocycles. The van der Waals surface area contributed by atoms with Crippen molar-refractivity contribution in [3.63, 3.8) is 0 Å². The second-order valence-corrected chi connectivity index (χ2v) is 4.69. The molecule has 0 aliphatic carbocycles. The van der Waals surface area contributed by atoms with Gasteiger partial charge in [0.1, 0.15) is 0 Å². The van der Waals surface area contributed by atoms with Gasteiger partial charge in [-0.25, -0.2) is 4.39 Å². The Balaban J connectivity index is 0.00000200. The molecule has 4 nitrogen and oxygen atoms in total. The van der Waals surface area contributed by atoms with E-state index in [9.17, 15) is 9.18 Å². The Hall–Kier alpha value is -1.33. The highest BCUT2D eigenvalue weighted by Crippen LogP contribution is 2.26. The van der Waals surface area contributed by atoms with Crippen molar-refractivity contribution in [1.82, 2.24) is 4.90 Å². The Morgan fingerprint density at radius 3 is 2.90 bits per heavy atom. The molecule has 1 fully saturated rings. The van der Waals surface area contributed by atoms with Gasteiger partial charge in [0.05, 0.1) is 12.2 Å². The second kappa shape index (κ2) is 7.45. The normalized spacial score (nSPS) is 17.8. The standard InChI is InChI=1S/C14H19FN2O2.ClH/c1-2-19-13-11(4-3-5-12(13)15)14(18)17-7-6-10(8-16)9-17;/h3-5,10H,2,6-9,16H2,1H3;1H. The predicted molar refractivity (Wildman–Crippen MR) is 77.9 cm³/mol. The van der Waals surface area contributed by atoms with Crippen molar-refractivity contribution in [3.05, 3.63) is 29.6 Å². The number of para-hydroxylation sites is 1. The third kappa shape index (κ3) is 3.41. The van der Waals surface area contributed by atoms with E-state index in [0.29, 0.717) is 37.7 Å². The van der Waals surface area contributed by atoms with Crippen LogP contribution in [-0.4, -0.2) is 37.0 Å². The number of amides is 1. The molecule has 1 aromatic carbocycles. The van der Waals surface area contributed by atoms with E-state index in [2.05, 4.69) is 0 Å². The fraction of sp³-hybridized carbons (Fsp3) is 0.500. The summed E-state index contributed by atoms with van der Waals surface area (Å²) in [7, 11) is 0. The zero-order valence-corrected chi connectivity index (χ0v) is 12.3. The third-order valence-corrected chi connectivity index (χ3v) is 3.39. The number of carbonyl (C=O) groups excluding carboxylic acids is 1. The molecule has 0 radical (unpaired) electrons. The van der Waals surface area contributed by atoms with Crippen LogP contribution in [0.2, 0.25) is 0 Å². The lowest BCUT2D eigenvalue weighted by molar-refractivity contribution is 0.0782. The average Bonchev–Trinajstić information content (AvgIpc) is 2.89. The number of hydrogen-bond donors (Lipinski definition) is 1. The Bertz CT molecular complexity index is 470. The summed E-state index contributed by atoms with van der Waals surface area (Å²) in [6, 6.07) is 4.43. The molecule has 1 aliphatic rings. The monoisotopic (exact) mass is 302 g/mol. The lowest BCUT2D eigenvalue weighted by Gasteiger charge is -2.18. The number of carbonyl (C=O) groups is 1. The van der Waals surface area contributed by atoms with Crippen LogP contribution in [0.3, 0.4) is 0 Å². The molecule has 1 saturated heterocycles. The van der Waals surface area contributed by atoms with Crippen LogP contribution in [0.15, 0.2) is 18.2 Å². The molecule has 1 heterocycles. The number of nitrogens with zero attached hydrogens (tertiary/aromatic N) is 1. The van der Waals surface area contributed by atoms with E-state index in [1.54, 1.807) is 17.9 Å². The summed E-state index contributed by atoms with van der Waals surface area (Å²) in [5.74, 6) is -0.291. The Morgan fingerprint density at radius 1 is 1.55 bits per heavy atom. The van der Waals surface area contributed by atoms with Crippen LogP contribution in [0.1, 0.15) is 23.7 Å². The number of benzene rings is 1. The van der Waals surface area contributed by atoms with Crippen molar-refractivity contribution in [1.29, 1.82) is 0 Å². The average molecular weight is 303 g/mol. The minimum absolute atomic E-state index is 0. The summed E-state index contributed by atoms with van der Waals surface area (Å²) in [6.07, 6.45) is 0.904. The summed E-state index contributed by atoms with van der Waals surface area (Å²) >= 11 is 0. The first-order valence-electron chi connectivity index (χ1n) is 6.58. The molecule has 0 spiro atoms. The molecule has 1 aliphatic heterocycles. The molecule has 0 bridgehead atoms. The van der Waals surface area contributed by atoms with E-state index in [4.69, 9.17) is 10.5 Å². The molecule has 2 N–H and O–H groups in total. The number of nitrogens with two attached hydrogens (primary N) is 1. The Labute approximate surface area is 124 Å². The largest absolute Gasteiger partial charge is 0.490 e. The first-order chi connectivity index (χ1) is 9.17. The molecular formula is C14H20ClFN2O2. The van der Waals surface area contributed by atoms with Crippen molar-refractivity contribution < 1.29 is 13.9 Å². The lowest BCUT2D eigenvalue weighted by Crippen LogP contribution is -2.30. The molecule has 1 atom stereocenters. The summed E-state index contributed by atoms with van der Waals surface area (Å²) in [5.41, 5.74) is 5.91. The highest BCUT2D eigenvalue weighted by atomic mass is 35.5. The highest BCUT2D eigenvalue weighted by Gasteiger charge is 2.28. The maximum absolute atomic E-state index is 13.7. The quantitative estimate of drug-likeness (QED) is 0.926. The van der Waals surface area contributed by atoms with Gasteiger partial charge in [0.15, 0.2) is 11.6 Å². The SMILES string of the molecule is CCOc1c(F)cccc1C(=O)N1CCC(CN)C1.Cl. The maximum atomic E-state index is 13.7. The van der Waals surface area contributed by atoms with Crippen LogP contribution in [0.5, 0.6) is 5.75 Å². The van der Waals surface area contributed by atoms with Gasteiger partial charge in [0.2, 0.25) is 0 Å². The maximum Gasteiger partial charge on any atom is 0.257 e. The lowest BCUT2D eigenvalue weighted by atomic mass is 10.1. The molecule has 1 unspecified atom stereocenters. The van der Waals surface area contributed by atoms with Gasteiger partial charge in [-0.2, -0.15) is 0 Å². The van der Waals surface area contributed by atoms with E-state index in [-0.39, 0.29) is 24.1 Å². The van der Waals surface area contributed by atoms with Crippen LogP contribution < -0.4 is 10.5 Å². The van der Waals surface area contributed by atoms with E-state index in [0.717, 1.165) is 6.42 Å². The van der Waals surface area contributed by atoms with E-state index < -0.39 is 5.82 Å². The molecular weight excluding hydrogens is 283 g/mol. The van der Waals surface area contributed by atoms with Crippen molar-refractivity contribution >= 4 is 18.3 Å². The number of likely N-dealkylation sites (tertiary alicyclic amines) is 1. The number of rotatable bonds is 4. The predicted octanol–water partition coefficient (Wildman–Crippen LogP) is 2.07. The van der Waals surface area contributed by atoms with Crippen LogP contribution in [-0.2, 0) is 0 Å². The van der Waals surface area contributed by atoms with Crippen LogP contribution >= 0.6 is 12.4 Å². The zero-order chi connectivity index (χ0) is 13.8. The van der Waals surface area contributed by atoms with Crippen LogP contribution in [0.25, 0.3) is 0 Å². The number of hydrogen-bond acceptors (Lipinski definition) is 3. The van der Waals surface area contributed by atoms with Crippen molar-refractivity contribution in [2.24, 2.45) is 11.7 Å². The number of halogens is 2. The van der Waals surface area contributed by atoms with Gasteiger partial charge in [0, 0.05) is 13.1 Å². The second-order valence-electron chi connectivity index (χ2n) is 4.69. The Morgan fingerprint density at radius 2 is 2.30 bits per heavy atom. The van der Waals surface area contributed by atoms with Crippen molar-refractivity contribution in [3.8, 4) is 5.75 Å². The van der Waals surface area contributed by atoms with Gasteiger partial charge >= 0.3 is 0 Å². The van der Waals surface area contributed by atoms with E-state index in [1.165, 1.54) is 12.1 Å². The summed E-state index contributed by atoms with van der Waals surface area (Å²) in [6.45, 7) is 3.97. The van der Waals surface area contributed by atoms with Gasteiger partial charge < -0.3 is 15.4 Å². The number of ether oxygens (including phenoxy) is 1. The minimum Gasteiger partial charge on any atom is -0.490 e. The van der Waals surface area contributed by atoms with E-state index >= 15 is 0 Å². The third-order valence-electron chi connectivity index (χ3n) is 3.39. The van der Waals surface area contributed by atoms with Crippen molar-refractivity contribution in [2.75, 3.05) is 26.2 Å². The molecule has 112 valence electrons. The summed E-state index contributed by atoms with van der Waals surface area (Å²) < 4.78 is 19.0. The first kappa shape index (κ1) is 16.7. The van der Waals surface area contributed by atoms with E-state index in [1.807, 2.05) is 0 Å². The minimum atomic E-state index is -0.498. The highest BCUT2D eigenvalue weighted by molar-refractivity contribution is 5.97. The fourth-order valence-corrected chi connectivity index (χ4v) is 2.35. The molecule has 1 aromatic rings. The van der Waals surface area contributed by atoms with Gasteiger partial charge in [0.25, 0.3) is 5.91 Å². The molecule has 20 heavy (non-hydrogen) atoms. The van der Waals surface area contributed by atoms with Gasteiger partial charge in [-0.1, -0.05) is 6.07 Å². The fourth-order valence-electron chi connectivity index (χ4n) is 2.35. The topological polar surface area (TPSA) is 55.6 Å². The Kier molecular flexibility index (Phi) is 6.23. The van der Waals surface area contributed by atoms with Crippen molar-refractivity contribution in [2.45, 2.75) is 13.3 Å². The molecule has 2 rings (SSSR count). The molecule has 6 heteroatoms. The first-order valence-corrected chi connectivity index (χ1v) is 6.58. The summed E-state index contributed by atoms with van der Waals surface area (Å²) in [4.78, 5) is 14.1. The summed E-state index contributed by atoms with van der Waals surface area (Å²) in [5, 5.41) is 0.